The van der Waals surface area contributed by atoms with Gasteiger partial charge in [-0.15, -0.1) is 0 Å². The highest BCUT2D eigenvalue weighted by Crippen LogP contribution is 2.28. The zero-order chi connectivity index (χ0) is 23.2. The molecule has 0 amide bonds. The summed E-state index contributed by atoms with van der Waals surface area (Å²) in [5, 5.41) is 6.92. The van der Waals surface area contributed by atoms with E-state index < -0.39 is 0 Å². The van der Waals surface area contributed by atoms with E-state index in [0.717, 1.165) is 43.2 Å². The largest absolute Gasteiger partial charge is 0.354 e. The number of allylic oxidation sites excluding steroid dienone is 4. The molecule has 1 aliphatic rings. The molecule has 1 aliphatic heterocycles. The maximum absolute atomic E-state index is 5.88. The second-order valence-electron chi connectivity index (χ2n) is 8.28. The Morgan fingerprint density at radius 2 is 1.62 bits per heavy atom. The lowest BCUT2D eigenvalue weighted by Gasteiger charge is -2.24. The van der Waals surface area contributed by atoms with Gasteiger partial charge in [0.05, 0.1) is 0 Å². The first-order chi connectivity index (χ1) is 16.8. The zero-order valence-electron chi connectivity index (χ0n) is 18.8. The van der Waals surface area contributed by atoms with Gasteiger partial charge in [0, 0.05) is 47.2 Å². The number of anilines is 1. The SMILES string of the molecule is Ic1ccc(-c2cc(N(CCCN3C=CC=CC=C3)Cc3cccc4ccccc34)on2)cc1. The minimum Gasteiger partial charge on any atom is -0.354 e. The number of fused-ring (bicyclic) bond motifs is 1. The number of halogens is 1. The van der Waals surface area contributed by atoms with Crippen molar-refractivity contribution in [3.8, 4) is 11.3 Å². The van der Waals surface area contributed by atoms with Gasteiger partial charge < -0.3 is 14.3 Å². The zero-order valence-corrected chi connectivity index (χ0v) is 21.0. The molecule has 0 fully saturated rings. The highest BCUT2D eigenvalue weighted by Gasteiger charge is 2.16. The van der Waals surface area contributed by atoms with Crippen LogP contribution in [0.15, 0.2) is 114 Å². The van der Waals surface area contributed by atoms with Crippen molar-refractivity contribution < 1.29 is 4.52 Å². The molecule has 2 heterocycles. The van der Waals surface area contributed by atoms with Gasteiger partial charge in [-0.05, 0) is 69.6 Å². The minimum atomic E-state index is 0.760. The van der Waals surface area contributed by atoms with Gasteiger partial charge in [-0.2, -0.15) is 0 Å². The van der Waals surface area contributed by atoms with Crippen molar-refractivity contribution in [3.05, 3.63) is 119 Å². The first-order valence-electron chi connectivity index (χ1n) is 11.5. The van der Waals surface area contributed by atoms with Crippen molar-refractivity contribution in [2.75, 3.05) is 18.0 Å². The summed E-state index contributed by atoms with van der Waals surface area (Å²) in [5.41, 5.74) is 3.20. The van der Waals surface area contributed by atoms with E-state index in [-0.39, 0.29) is 0 Å². The average molecular weight is 559 g/mol. The normalized spacial score (nSPS) is 12.9. The predicted molar refractivity (Wildman–Crippen MR) is 148 cm³/mol. The number of aromatic nitrogens is 1. The summed E-state index contributed by atoms with van der Waals surface area (Å²) in [7, 11) is 0. The standard InChI is InChI=1S/C29H26IN3O/c30-26-15-13-24(14-16-26)28-21-29(34-31-28)33(20-8-19-32-17-5-1-2-6-18-32)22-25-11-7-10-23-9-3-4-12-27(23)25/h1-7,9-18,21H,8,19-20,22H2. The number of rotatable bonds is 8. The molecule has 0 spiro atoms. The van der Waals surface area contributed by atoms with Crippen LogP contribution in [0.1, 0.15) is 12.0 Å². The third-order valence-corrected chi connectivity index (χ3v) is 6.64. The molecule has 4 aromatic rings. The molecule has 4 nitrogen and oxygen atoms in total. The highest BCUT2D eigenvalue weighted by atomic mass is 127. The van der Waals surface area contributed by atoms with Crippen LogP contribution in [0.4, 0.5) is 5.88 Å². The maximum Gasteiger partial charge on any atom is 0.228 e. The predicted octanol–water partition coefficient (Wildman–Crippen LogP) is 7.40. The molecule has 0 bridgehead atoms. The third-order valence-electron chi connectivity index (χ3n) is 5.92. The van der Waals surface area contributed by atoms with Crippen molar-refractivity contribution in [3.63, 3.8) is 0 Å². The van der Waals surface area contributed by atoms with Crippen LogP contribution in [-0.4, -0.2) is 23.1 Å². The fourth-order valence-electron chi connectivity index (χ4n) is 4.17. The first kappa shape index (κ1) is 22.5. The van der Waals surface area contributed by atoms with Crippen molar-refractivity contribution >= 4 is 39.2 Å². The molecular weight excluding hydrogens is 533 g/mol. The quantitative estimate of drug-likeness (QED) is 0.211. The van der Waals surface area contributed by atoms with E-state index >= 15 is 0 Å². The molecule has 5 heteroatoms. The van der Waals surface area contributed by atoms with Crippen LogP contribution >= 0.6 is 22.6 Å². The fourth-order valence-corrected chi connectivity index (χ4v) is 4.53. The molecule has 34 heavy (non-hydrogen) atoms. The maximum atomic E-state index is 5.88. The van der Waals surface area contributed by atoms with Gasteiger partial charge in [-0.1, -0.05) is 71.9 Å². The molecule has 1 aromatic heterocycles. The fraction of sp³-hybridized carbons (Fsp3) is 0.138. The van der Waals surface area contributed by atoms with Gasteiger partial charge >= 0.3 is 0 Å². The van der Waals surface area contributed by atoms with Gasteiger partial charge in [0.1, 0.15) is 5.69 Å². The summed E-state index contributed by atoms with van der Waals surface area (Å²) >= 11 is 2.32. The minimum absolute atomic E-state index is 0.760. The average Bonchev–Trinajstić information content (AvgIpc) is 3.21. The Morgan fingerprint density at radius 1 is 0.853 bits per heavy atom. The Hall–Kier alpha value is -3.32. The molecule has 0 atom stereocenters. The van der Waals surface area contributed by atoms with Gasteiger partial charge in [0.25, 0.3) is 0 Å². The van der Waals surface area contributed by atoms with Crippen LogP contribution in [0, 0.1) is 3.57 Å². The van der Waals surface area contributed by atoms with Crippen molar-refractivity contribution in [2.24, 2.45) is 0 Å². The highest BCUT2D eigenvalue weighted by molar-refractivity contribution is 14.1. The van der Waals surface area contributed by atoms with Gasteiger partial charge in [-0.3, -0.25) is 0 Å². The summed E-state index contributed by atoms with van der Waals surface area (Å²) in [5.74, 6) is 0.796. The lowest BCUT2D eigenvalue weighted by Crippen LogP contribution is -2.26. The lowest BCUT2D eigenvalue weighted by molar-refractivity contribution is 0.411. The van der Waals surface area contributed by atoms with Crippen molar-refractivity contribution in [1.29, 1.82) is 0 Å². The molecule has 0 aliphatic carbocycles. The molecule has 0 radical (unpaired) electrons. The topological polar surface area (TPSA) is 32.5 Å². The van der Waals surface area contributed by atoms with Gasteiger partial charge in [0.2, 0.25) is 5.88 Å². The van der Waals surface area contributed by atoms with Crippen LogP contribution in [0.2, 0.25) is 0 Å². The van der Waals surface area contributed by atoms with Crippen molar-refractivity contribution in [2.45, 2.75) is 13.0 Å². The molecule has 0 saturated heterocycles. The lowest BCUT2D eigenvalue weighted by atomic mass is 10.0. The van der Waals surface area contributed by atoms with Crippen LogP contribution in [0.25, 0.3) is 22.0 Å². The van der Waals surface area contributed by atoms with Gasteiger partial charge in [0.15, 0.2) is 0 Å². The molecular formula is C29H26IN3O. The van der Waals surface area contributed by atoms with Crippen LogP contribution < -0.4 is 4.90 Å². The molecule has 170 valence electrons. The third kappa shape index (κ3) is 5.42. The number of nitrogens with zero attached hydrogens (tertiary/aromatic N) is 3. The van der Waals surface area contributed by atoms with E-state index in [4.69, 9.17) is 4.52 Å². The number of hydrogen-bond donors (Lipinski definition) is 0. The van der Waals surface area contributed by atoms with Crippen LogP contribution in [-0.2, 0) is 6.54 Å². The summed E-state index contributed by atoms with van der Waals surface area (Å²) in [4.78, 5) is 4.52. The summed E-state index contributed by atoms with van der Waals surface area (Å²) in [6, 6.07) is 25.5. The molecule has 3 aromatic carbocycles. The number of benzene rings is 3. The van der Waals surface area contributed by atoms with E-state index in [1.807, 2.05) is 12.2 Å². The summed E-state index contributed by atoms with van der Waals surface area (Å²) in [6.07, 6.45) is 13.4. The Balaban J connectivity index is 1.39. The first-order valence-corrected chi connectivity index (χ1v) is 12.6. The van der Waals surface area contributed by atoms with Gasteiger partial charge in [-0.25, -0.2) is 0 Å². The monoisotopic (exact) mass is 559 g/mol. The Bertz CT molecular complexity index is 1320. The van der Waals surface area contributed by atoms with E-state index in [9.17, 15) is 0 Å². The summed E-state index contributed by atoms with van der Waals surface area (Å²) in [6.45, 7) is 2.55. The van der Waals surface area contributed by atoms with E-state index in [2.05, 4.69) is 135 Å². The Morgan fingerprint density at radius 3 is 2.44 bits per heavy atom. The van der Waals surface area contributed by atoms with Crippen molar-refractivity contribution in [1.82, 2.24) is 10.1 Å². The van der Waals surface area contributed by atoms with E-state index in [1.165, 1.54) is 19.9 Å². The second-order valence-corrected chi connectivity index (χ2v) is 9.52. The molecule has 5 rings (SSSR count). The second kappa shape index (κ2) is 10.7. The number of hydrogen-bond acceptors (Lipinski definition) is 4. The molecule has 0 unspecified atom stereocenters. The van der Waals surface area contributed by atoms with Crippen LogP contribution in [0.5, 0.6) is 0 Å². The Kier molecular flexibility index (Phi) is 7.10. The molecule has 0 N–H and O–H groups in total. The van der Waals surface area contributed by atoms with Crippen LogP contribution in [0.3, 0.4) is 0 Å². The molecule has 0 saturated carbocycles. The summed E-state index contributed by atoms with van der Waals surface area (Å²) < 4.78 is 7.08. The van der Waals surface area contributed by atoms with E-state index in [1.54, 1.807) is 0 Å². The Labute approximate surface area is 214 Å². The smallest absolute Gasteiger partial charge is 0.228 e. The van der Waals surface area contributed by atoms with E-state index in [0.29, 0.717) is 0 Å².